The second-order valence-electron chi connectivity index (χ2n) is 8.00. The first-order valence-electron chi connectivity index (χ1n) is 11.0. The van der Waals surface area contributed by atoms with Crippen LogP contribution < -0.4 is 9.64 Å². The molecule has 3 aromatic rings. The Bertz CT molecular complexity index is 987. The van der Waals surface area contributed by atoms with Crippen molar-refractivity contribution in [3.05, 3.63) is 65.9 Å². The number of carbonyl (C=O) groups excluding carboxylic acids is 1. The van der Waals surface area contributed by atoms with Gasteiger partial charge in [0.1, 0.15) is 5.75 Å². The minimum absolute atomic E-state index is 0.0237. The molecule has 6 heteroatoms. The molecule has 1 fully saturated rings. The van der Waals surface area contributed by atoms with Gasteiger partial charge in [0.15, 0.2) is 0 Å². The molecule has 1 saturated heterocycles. The molecule has 31 heavy (non-hydrogen) atoms. The number of hydrogen-bond donors (Lipinski definition) is 1. The van der Waals surface area contributed by atoms with Gasteiger partial charge in [-0.1, -0.05) is 31.0 Å². The fraction of sp³-hybridized carbons (Fsp3) is 0.360. The molecule has 0 atom stereocenters. The maximum absolute atomic E-state index is 13.2. The fourth-order valence-electron chi connectivity index (χ4n) is 3.81. The van der Waals surface area contributed by atoms with Crippen LogP contribution in [-0.4, -0.2) is 53.8 Å². The first-order chi connectivity index (χ1) is 15.2. The molecule has 0 spiro atoms. The van der Waals surface area contributed by atoms with E-state index in [1.54, 1.807) is 6.20 Å². The molecule has 6 nitrogen and oxygen atoms in total. The Hall–Kier alpha value is -3.28. The molecule has 4 rings (SSSR count). The van der Waals surface area contributed by atoms with Crippen molar-refractivity contribution in [1.82, 2.24) is 15.1 Å². The first-order valence-corrected chi connectivity index (χ1v) is 11.0. The molecule has 0 radical (unpaired) electrons. The van der Waals surface area contributed by atoms with E-state index in [0.29, 0.717) is 18.7 Å². The summed E-state index contributed by atoms with van der Waals surface area (Å²) in [5.41, 5.74) is 4.77. The van der Waals surface area contributed by atoms with Crippen LogP contribution in [0.2, 0.25) is 0 Å². The van der Waals surface area contributed by atoms with E-state index in [0.717, 1.165) is 49.5 Å². The second kappa shape index (κ2) is 9.69. The Labute approximate surface area is 183 Å². The average Bonchev–Trinajstić information content (AvgIpc) is 3.30. The van der Waals surface area contributed by atoms with Crippen LogP contribution in [0, 0.1) is 6.92 Å². The molecular formula is C25H30N4O2. The van der Waals surface area contributed by atoms with E-state index in [9.17, 15) is 4.79 Å². The molecule has 0 bridgehead atoms. The summed E-state index contributed by atoms with van der Waals surface area (Å²) in [6.07, 6.45) is 3.78. The lowest BCUT2D eigenvalue weighted by Crippen LogP contribution is -2.48. The number of nitrogens with zero attached hydrogens (tertiary/aromatic N) is 3. The number of ether oxygens (including phenoxy) is 1. The summed E-state index contributed by atoms with van der Waals surface area (Å²) in [7, 11) is 0. The maximum atomic E-state index is 13.2. The number of nitrogens with one attached hydrogen (secondary N) is 1. The highest BCUT2D eigenvalue weighted by Gasteiger charge is 2.25. The largest absolute Gasteiger partial charge is 0.494 e. The zero-order valence-electron chi connectivity index (χ0n) is 18.3. The third kappa shape index (κ3) is 4.90. The summed E-state index contributed by atoms with van der Waals surface area (Å²) in [6.45, 7) is 8.00. The van der Waals surface area contributed by atoms with Gasteiger partial charge < -0.3 is 14.5 Å². The van der Waals surface area contributed by atoms with Crippen molar-refractivity contribution in [2.24, 2.45) is 0 Å². The van der Waals surface area contributed by atoms with Crippen molar-refractivity contribution < 1.29 is 9.53 Å². The van der Waals surface area contributed by atoms with Crippen molar-refractivity contribution in [2.75, 3.05) is 37.7 Å². The molecule has 162 valence electrons. The van der Waals surface area contributed by atoms with E-state index in [1.165, 1.54) is 11.3 Å². The number of piperazine rings is 1. The fourth-order valence-corrected chi connectivity index (χ4v) is 3.81. The van der Waals surface area contributed by atoms with Gasteiger partial charge in [0.2, 0.25) is 0 Å². The summed E-state index contributed by atoms with van der Waals surface area (Å²) in [4.78, 5) is 17.5. The topological polar surface area (TPSA) is 61.5 Å². The summed E-state index contributed by atoms with van der Waals surface area (Å²) in [5, 5.41) is 7.16. The number of unbranched alkanes of at least 4 members (excludes halogenated alkanes) is 1. The predicted octanol–water partition coefficient (Wildman–Crippen LogP) is 4.53. The Morgan fingerprint density at radius 2 is 1.74 bits per heavy atom. The molecule has 1 aliphatic heterocycles. The summed E-state index contributed by atoms with van der Waals surface area (Å²) >= 11 is 0. The van der Waals surface area contributed by atoms with Gasteiger partial charge in [0.25, 0.3) is 5.91 Å². The standard InChI is InChI=1S/C25H30N4O2/c1-3-4-17-31-22-11-7-20(8-12-22)24-23(18-26-27-24)25(30)29-15-13-28(14-16-29)21-9-5-19(2)6-10-21/h5-12,18H,3-4,13-17H2,1-2H3,(H,26,27). The lowest BCUT2D eigenvalue weighted by atomic mass is 10.1. The highest BCUT2D eigenvalue weighted by atomic mass is 16.5. The van der Waals surface area contributed by atoms with Gasteiger partial charge in [0, 0.05) is 37.4 Å². The van der Waals surface area contributed by atoms with Crippen molar-refractivity contribution in [3.63, 3.8) is 0 Å². The van der Waals surface area contributed by atoms with Gasteiger partial charge in [-0.05, 0) is 49.7 Å². The molecule has 2 aromatic carbocycles. The van der Waals surface area contributed by atoms with Gasteiger partial charge in [0.05, 0.1) is 24.1 Å². The van der Waals surface area contributed by atoms with Crippen LogP contribution in [0.5, 0.6) is 5.75 Å². The van der Waals surface area contributed by atoms with Gasteiger partial charge in [-0.15, -0.1) is 0 Å². The lowest BCUT2D eigenvalue weighted by Gasteiger charge is -2.36. The normalized spacial score (nSPS) is 14.0. The van der Waals surface area contributed by atoms with Gasteiger partial charge in [-0.25, -0.2) is 0 Å². The molecule has 0 aliphatic carbocycles. The van der Waals surface area contributed by atoms with E-state index in [2.05, 4.69) is 53.2 Å². The monoisotopic (exact) mass is 418 g/mol. The van der Waals surface area contributed by atoms with Crippen LogP contribution >= 0.6 is 0 Å². The Kier molecular flexibility index (Phi) is 6.55. The van der Waals surface area contributed by atoms with Crippen LogP contribution in [0.15, 0.2) is 54.7 Å². The Balaban J connectivity index is 1.40. The van der Waals surface area contributed by atoms with E-state index in [-0.39, 0.29) is 5.91 Å². The van der Waals surface area contributed by atoms with Crippen LogP contribution in [-0.2, 0) is 0 Å². The zero-order valence-corrected chi connectivity index (χ0v) is 18.3. The summed E-state index contributed by atoms with van der Waals surface area (Å²) in [6, 6.07) is 16.4. The molecule has 0 saturated carbocycles. The number of anilines is 1. The SMILES string of the molecule is CCCCOc1ccc(-c2[nH]ncc2C(=O)N2CCN(c3ccc(C)cc3)CC2)cc1. The van der Waals surface area contributed by atoms with Gasteiger partial charge >= 0.3 is 0 Å². The predicted molar refractivity (Wildman–Crippen MR) is 124 cm³/mol. The number of aryl methyl sites for hydroxylation is 1. The van der Waals surface area contributed by atoms with E-state index < -0.39 is 0 Å². The van der Waals surface area contributed by atoms with Crippen LogP contribution in [0.4, 0.5) is 5.69 Å². The molecule has 1 aromatic heterocycles. The highest BCUT2D eigenvalue weighted by molar-refractivity contribution is 5.99. The van der Waals surface area contributed by atoms with Crippen molar-refractivity contribution >= 4 is 11.6 Å². The Morgan fingerprint density at radius 1 is 1.03 bits per heavy atom. The highest BCUT2D eigenvalue weighted by Crippen LogP contribution is 2.26. The van der Waals surface area contributed by atoms with E-state index in [4.69, 9.17) is 4.74 Å². The third-order valence-electron chi connectivity index (χ3n) is 5.75. The van der Waals surface area contributed by atoms with Crippen molar-refractivity contribution in [1.29, 1.82) is 0 Å². The molecule has 2 heterocycles. The average molecular weight is 419 g/mol. The number of H-pyrrole nitrogens is 1. The lowest BCUT2D eigenvalue weighted by molar-refractivity contribution is 0.0747. The maximum Gasteiger partial charge on any atom is 0.257 e. The molecule has 1 amide bonds. The smallest absolute Gasteiger partial charge is 0.257 e. The second-order valence-corrected chi connectivity index (χ2v) is 8.00. The Morgan fingerprint density at radius 3 is 2.42 bits per heavy atom. The molecular weight excluding hydrogens is 388 g/mol. The van der Waals surface area contributed by atoms with Crippen LogP contribution in [0.25, 0.3) is 11.3 Å². The van der Waals surface area contributed by atoms with Gasteiger partial charge in [-0.2, -0.15) is 5.10 Å². The van der Waals surface area contributed by atoms with Crippen molar-refractivity contribution in [3.8, 4) is 17.0 Å². The molecule has 0 unspecified atom stereocenters. The minimum atomic E-state index is 0.0237. The van der Waals surface area contributed by atoms with E-state index in [1.807, 2.05) is 29.2 Å². The quantitative estimate of drug-likeness (QED) is 0.573. The number of carbonyl (C=O) groups is 1. The number of rotatable bonds is 7. The number of hydrogen-bond acceptors (Lipinski definition) is 4. The van der Waals surface area contributed by atoms with E-state index >= 15 is 0 Å². The third-order valence-corrected chi connectivity index (χ3v) is 5.75. The summed E-state index contributed by atoms with van der Waals surface area (Å²) in [5.74, 6) is 0.868. The summed E-state index contributed by atoms with van der Waals surface area (Å²) < 4.78 is 5.74. The van der Waals surface area contributed by atoms with Gasteiger partial charge in [-0.3, -0.25) is 9.89 Å². The molecule has 1 aliphatic rings. The minimum Gasteiger partial charge on any atom is -0.494 e. The zero-order chi connectivity index (χ0) is 21.6. The number of amides is 1. The molecule has 1 N–H and O–H groups in total. The first kappa shape index (κ1) is 21.0. The van der Waals surface area contributed by atoms with Crippen LogP contribution in [0.1, 0.15) is 35.7 Å². The van der Waals surface area contributed by atoms with Crippen molar-refractivity contribution in [2.45, 2.75) is 26.7 Å². The van der Waals surface area contributed by atoms with Crippen LogP contribution in [0.3, 0.4) is 0 Å². The number of benzene rings is 2. The number of aromatic nitrogens is 2. The number of aromatic amines is 1.